The largest absolute Gasteiger partial charge is 0.462 e. The second-order valence-corrected chi connectivity index (χ2v) is 14.9. The number of ether oxygens (including phenoxy) is 3. The van der Waals surface area contributed by atoms with Crippen LogP contribution in [-0.4, -0.2) is 37.2 Å². The Kier molecular flexibility index (Phi) is 42.6. The Labute approximate surface area is 350 Å². The van der Waals surface area contributed by atoms with Crippen molar-refractivity contribution in [3.8, 4) is 0 Å². The van der Waals surface area contributed by atoms with E-state index in [1.807, 2.05) is 12.2 Å². The Morgan fingerprint density at radius 2 is 0.719 bits per heavy atom. The first-order chi connectivity index (χ1) is 28.0. The SMILES string of the molecule is CC/C=C\C/C=C\C/C=C\C/C=C\C/C=C\CCC(=O)OCC(COC(=O)CCCCCCCCCCC)OC(=O)CCCCCCCCC/C=C\C/C=C\CC. The first kappa shape index (κ1) is 53.6. The van der Waals surface area contributed by atoms with Gasteiger partial charge in [0.05, 0.1) is 0 Å². The molecule has 6 heteroatoms. The van der Waals surface area contributed by atoms with Crippen LogP contribution in [0.15, 0.2) is 85.1 Å². The molecule has 0 amide bonds. The Hall–Kier alpha value is -3.41. The number of allylic oxidation sites excluding steroid dienone is 14. The highest BCUT2D eigenvalue weighted by atomic mass is 16.6. The summed E-state index contributed by atoms with van der Waals surface area (Å²) < 4.78 is 16.6. The number of hydrogen-bond acceptors (Lipinski definition) is 6. The third-order valence-corrected chi connectivity index (χ3v) is 9.41. The van der Waals surface area contributed by atoms with Crippen LogP contribution in [0.1, 0.15) is 201 Å². The molecule has 0 aliphatic heterocycles. The molecule has 0 N–H and O–H groups in total. The number of hydrogen-bond donors (Lipinski definition) is 0. The summed E-state index contributed by atoms with van der Waals surface area (Å²) in [5.41, 5.74) is 0. The van der Waals surface area contributed by atoms with Gasteiger partial charge in [0.2, 0.25) is 0 Å². The van der Waals surface area contributed by atoms with Crippen LogP contribution in [0, 0.1) is 0 Å². The number of esters is 3. The van der Waals surface area contributed by atoms with Gasteiger partial charge in [0.15, 0.2) is 6.10 Å². The molecular formula is C51H84O6. The highest BCUT2D eigenvalue weighted by Crippen LogP contribution is 2.13. The highest BCUT2D eigenvalue weighted by Gasteiger charge is 2.19. The molecule has 0 bridgehead atoms. The lowest BCUT2D eigenvalue weighted by molar-refractivity contribution is -0.166. The maximum Gasteiger partial charge on any atom is 0.306 e. The van der Waals surface area contributed by atoms with Gasteiger partial charge in [0.1, 0.15) is 13.2 Å². The average Bonchev–Trinajstić information content (AvgIpc) is 3.21. The molecule has 0 aromatic heterocycles. The fourth-order valence-electron chi connectivity index (χ4n) is 6.00. The lowest BCUT2D eigenvalue weighted by Gasteiger charge is -2.18. The van der Waals surface area contributed by atoms with E-state index < -0.39 is 6.10 Å². The van der Waals surface area contributed by atoms with Crippen LogP contribution in [0.3, 0.4) is 0 Å². The van der Waals surface area contributed by atoms with E-state index in [0.29, 0.717) is 19.3 Å². The van der Waals surface area contributed by atoms with Crippen molar-refractivity contribution in [2.75, 3.05) is 13.2 Å². The fourth-order valence-corrected chi connectivity index (χ4v) is 6.00. The summed E-state index contributed by atoms with van der Waals surface area (Å²) >= 11 is 0. The molecule has 0 saturated carbocycles. The fraction of sp³-hybridized carbons (Fsp3) is 0.667. The van der Waals surface area contributed by atoms with Crippen LogP contribution < -0.4 is 0 Å². The molecule has 1 atom stereocenters. The van der Waals surface area contributed by atoms with Gasteiger partial charge in [0, 0.05) is 19.3 Å². The van der Waals surface area contributed by atoms with E-state index >= 15 is 0 Å². The molecule has 0 radical (unpaired) electrons. The number of carbonyl (C=O) groups is 3. The van der Waals surface area contributed by atoms with Gasteiger partial charge in [-0.25, -0.2) is 0 Å². The zero-order chi connectivity index (χ0) is 41.5. The molecule has 0 aromatic rings. The van der Waals surface area contributed by atoms with Gasteiger partial charge in [-0.3, -0.25) is 14.4 Å². The van der Waals surface area contributed by atoms with Crippen LogP contribution in [0.4, 0.5) is 0 Å². The zero-order valence-corrected chi connectivity index (χ0v) is 36.8. The summed E-state index contributed by atoms with van der Waals surface area (Å²) in [6.45, 7) is 6.30. The normalized spacial score (nSPS) is 12.8. The maximum atomic E-state index is 12.7. The van der Waals surface area contributed by atoms with E-state index in [9.17, 15) is 14.4 Å². The molecule has 57 heavy (non-hydrogen) atoms. The summed E-state index contributed by atoms with van der Waals surface area (Å²) in [7, 11) is 0. The topological polar surface area (TPSA) is 78.9 Å². The molecule has 0 aliphatic rings. The number of unbranched alkanes of at least 4 members (excludes halogenated alkanes) is 15. The Morgan fingerprint density at radius 1 is 0.368 bits per heavy atom. The van der Waals surface area contributed by atoms with E-state index in [1.165, 1.54) is 64.2 Å². The van der Waals surface area contributed by atoms with E-state index in [4.69, 9.17) is 14.2 Å². The molecule has 1 unspecified atom stereocenters. The van der Waals surface area contributed by atoms with Gasteiger partial charge in [-0.15, -0.1) is 0 Å². The van der Waals surface area contributed by atoms with Gasteiger partial charge < -0.3 is 14.2 Å². The zero-order valence-electron chi connectivity index (χ0n) is 36.8. The first-order valence-electron chi connectivity index (χ1n) is 23.1. The van der Waals surface area contributed by atoms with Crippen LogP contribution in [0.5, 0.6) is 0 Å². The molecule has 0 rings (SSSR count). The molecule has 0 spiro atoms. The summed E-state index contributed by atoms with van der Waals surface area (Å²) in [6, 6.07) is 0. The van der Waals surface area contributed by atoms with Gasteiger partial charge in [-0.05, 0) is 77.0 Å². The Balaban J connectivity index is 4.49. The summed E-state index contributed by atoms with van der Waals surface area (Å²) in [5, 5.41) is 0. The Bertz CT molecular complexity index is 1140. The molecule has 0 aliphatic carbocycles. The van der Waals surface area contributed by atoms with Gasteiger partial charge in [0.25, 0.3) is 0 Å². The molecule has 0 aromatic carbocycles. The highest BCUT2D eigenvalue weighted by molar-refractivity contribution is 5.71. The molecule has 6 nitrogen and oxygen atoms in total. The quantitative estimate of drug-likeness (QED) is 0.0266. The van der Waals surface area contributed by atoms with Crippen molar-refractivity contribution in [2.45, 2.75) is 207 Å². The van der Waals surface area contributed by atoms with E-state index in [2.05, 4.69) is 93.7 Å². The standard InChI is InChI=1S/C51H84O6/c1-4-7-10-13-16-19-21-23-25-26-28-29-32-35-38-41-44-50(53)56-47-48(46-55-49(52)43-40-37-34-31-18-15-12-9-6-3)57-51(54)45-42-39-36-33-30-27-24-22-20-17-14-11-8-5-2/h7-8,10-11,16-17,19-20,23,25,28-29,35,38,48H,4-6,9,12-15,18,21-22,24,26-27,30-34,36-37,39-47H2,1-3H3/b10-7-,11-8-,19-16-,20-17-,25-23-,29-28-,38-35-. The molecule has 0 fully saturated rings. The lowest BCUT2D eigenvalue weighted by atomic mass is 10.1. The average molecular weight is 793 g/mol. The maximum absolute atomic E-state index is 12.7. The first-order valence-corrected chi connectivity index (χ1v) is 23.1. The van der Waals surface area contributed by atoms with Crippen LogP contribution >= 0.6 is 0 Å². The van der Waals surface area contributed by atoms with Crippen molar-refractivity contribution in [3.63, 3.8) is 0 Å². The van der Waals surface area contributed by atoms with Crippen LogP contribution in [0.25, 0.3) is 0 Å². The minimum absolute atomic E-state index is 0.102. The molecular weight excluding hydrogens is 709 g/mol. The second-order valence-electron chi connectivity index (χ2n) is 14.9. The van der Waals surface area contributed by atoms with Crippen molar-refractivity contribution in [3.05, 3.63) is 85.1 Å². The summed E-state index contributed by atoms with van der Waals surface area (Å²) in [5.74, 6) is -1.01. The number of carbonyl (C=O) groups excluding carboxylic acids is 3. The van der Waals surface area contributed by atoms with Crippen molar-refractivity contribution in [1.82, 2.24) is 0 Å². The second kappa shape index (κ2) is 45.3. The van der Waals surface area contributed by atoms with E-state index in [0.717, 1.165) is 89.9 Å². The third-order valence-electron chi connectivity index (χ3n) is 9.41. The lowest BCUT2D eigenvalue weighted by Crippen LogP contribution is -2.30. The van der Waals surface area contributed by atoms with E-state index in [-0.39, 0.29) is 37.5 Å². The number of rotatable bonds is 40. The van der Waals surface area contributed by atoms with Crippen molar-refractivity contribution < 1.29 is 28.6 Å². The van der Waals surface area contributed by atoms with Crippen LogP contribution in [-0.2, 0) is 28.6 Å². The molecule has 324 valence electrons. The smallest absolute Gasteiger partial charge is 0.306 e. The summed E-state index contributed by atoms with van der Waals surface area (Å²) in [4.78, 5) is 37.7. The van der Waals surface area contributed by atoms with Crippen LogP contribution in [0.2, 0.25) is 0 Å². The predicted molar refractivity (Wildman–Crippen MR) is 242 cm³/mol. The van der Waals surface area contributed by atoms with E-state index in [1.54, 1.807) is 0 Å². The Morgan fingerprint density at radius 3 is 1.18 bits per heavy atom. The summed E-state index contributed by atoms with van der Waals surface area (Å²) in [6.07, 6.45) is 57.2. The van der Waals surface area contributed by atoms with Gasteiger partial charge >= 0.3 is 17.9 Å². The minimum Gasteiger partial charge on any atom is -0.462 e. The predicted octanol–water partition coefficient (Wildman–Crippen LogP) is 14.9. The molecule has 0 heterocycles. The third kappa shape index (κ3) is 43.6. The van der Waals surface area contributed by atoms with Crippen molar-refractivity contribution in [2.24, 2.45) is 0 Å². The van der Waals surface area contributed by atoms with Crippen molar-refractivity contribution >= 4 is 17.9 Å². The monoisotopic (exact) mass is 793 g/mol. The molecule has 0 saturated heterocycles. The van der Waals surface area contributed by atoms with Gasteiger partial charge in [-0.1, -0.05) is 189 Å². The van der Waals surface area contributed by atoms with Crippen molar-refractivity contribution in [1.29, 1.82) is 0 Å². The minimum atomic E-state index is -0.807. The van der Waals surface area contributed by atoms with Gasteiger partial charge in [-0.2, -0.15) is 0 Å².